The van der Waals surface area contributed by atoms with Crippen molar-refractivity contribution >= 4 is 20.2 Å². The van der Waals surface area contributed by atoms with Crippen LogP contribution in [-0.2, 0) is 22.1 Å². The van der Waals surface area contributed by atoms with E-state index in [1.54, 1.807) is 0 Å². The minimum absolute atomic E-state index is 0.0390. The molecular weight excluding hydrogens is 572 g/mol. The summed E-state index contributed by atoms with van der Waals surface area (Å²) in [6, 6.07) is 1.22. The smallest absolute Gasteiger partial charge is 0.410 e. The lowest BCUT2D eigenvalue weighted by Gasteiger charge is -2.42. The first kappa shape index (κ1) is 32.0. The Morgan fingerprint density at radius 3 is 2.45 bits per heavy atom. The summed E-state index contributed by atoms with van der Waals surface area (Å²) < 4.78 is 19.1. The van der Waals surface area contributed by atoms with E-state index in [1.807, 2.05) is 25.7 Å². The van der Waals surface area contributed by atoms with Gasteiger partial charge in [-0.1, -0.05) is 20.8 Å². The van der Waals surface area contributed by atoms with Gasteiger partial charge in [-0.05, 0) is 96.9 Å². The van der Waals surface area contributed by atoms with E-state index in [9.17, 15) is 4.79 Å². The average Bonchev–Trinajstić information content (AvgIpc) is 3.58. The maximum Gasteiger partial charge on any atom is 0.410 e. The Hall–Kier alpha value is -1.95. The fraction of sp³-hybridized carbons (Fsp3) is 0.848. The number of amides is 1. The van der Waals surface area contributed by atoms with Gasteiger partial charge in [0, 0.05) is 37.8 Å². The van der Waals surface area contributed by atoms with Gasteiger partial charge in [0.05, 0.1) is 23.3 Å². The minimum Gasteiger partial charge on any atom is -0.461 e. The normalized spacial score (nSPS) is 29.1. The summed E-state index contributed by atoms with van der Waals surface area (Å²) in [5.74, 6) is 1.00. The zero-order valence-electron chi connectivity index (χ0n) is 28.5. The predicted octanol–water partition coefficient (Wildman–Crippen LogP) is 5.11. The van der Waals surface area contributed by atoms with Crippen molar-refractivity contribution in [3.05, 3.63) is 11.3 Å². The number of fused-ring (bicyclic) bond motifs is 4. The number of rotatable bonds is 7. The highest BCUT2D eigenvalue weighted by Crippen LogP contribution is 2.44. The van der Waals surface area contributed by atoms with Crippen molar-refractivity contribution in [2.75, 3.05) is 44.3 Å². The van der Waals surface area contributed by atoms with Crippen LogP contribution in [0.4, 0.5) is 10.6 Å². The fourth-order valence-electron chi connectivity index (χ4n) is 7.84. The lowest BCUT2D eigenvalue weighted by molar-refractivity contribution is 0.0122. The molecule has 5 aliphatic heterocycles. The number of nitrogens with zero attached hydrogens (tertiary/aromatic N) is 5. The van der Waals surface area contributed by atoms with E-state index in [1.165, 1.54) is 12.0 Å². The Morgan fingerprint density at radius 1 is 1.05 bits per heavy atom. The van der Waals surface area contributed by atoms with Crippen molar-refractivity contribution in [3.63, 3.8) is 0 Å². The fourth-order valence-corrected chi connectivity index (χ4v) is 8.88. The van der Waals surface area contributed by atoms with Crippen LogP contribution in [-0.4, -0.2) is 103 Å². The number of hydrogen-bond acceptors (Lipinski definition) is 9. The molecule has 4 saturated heterocycles. The second-order valence-electron chi connectivity index (χ2n) is 16.4. The quantitative estimate of drug-likeness (QED) is 0.414. The molecule has 44 heavy (non-hydrogen) atoms. The molecule has 0 saturated carbocycles. The van der Waals surface area contributed by atoms with Gasteiger partial charge in [0.25, 0.3) is 0 Å². The molecule has 0 aliphatic carbocycles. The molecule has 1 amide bonds. The van der Waals surface area contributed by atoms with Crippen LogP contribution in [0, 0.1) is 0 Å². The maximum absolute atomic E-state index is 13.1. The number of piperazine rings is 1. The second kappa shape index (κ2) is 11.7. The molecule has 1 aromatic heterocycles. The van der Waals surface area contributed by atoms with Crippen molar-refractivity contribution in [2.45, 2.75) is 140 Å². The standard InChI is InChI=1S/C33H56N6O4Si/c1-31(2,3)43-30(40)39-23-10-11-24(39)20-37(19-23)28-26-13-16-34-18-27(26)35-29(36-28)41-22-33-14-9-17-38(33)25(12-15-33)21-42-44(7,8)32(4,5)6/h23-25,34H,9-22H2,1-8H3/t23-,24+,25?,33?. The van der Waals surface area contributed by atoms with Crippen LogP contribution >= 0.6 is 0 Å². The molecule has 5 aliphatic rings. The molecule has 246 valence electrons. The second-order valence-corrected chi connectivity index (χ2v) is 21.2. The number of carbonyl (C=O) groups excluding carboxylic acids is 1. The SMILES string of the molecule is CC(C)(C)OC(=O)N1[C@@H]2CC[C@H]1CN(c1nc(OCC34CCCN3C(CO[Si](C)(C)C(C)(C)C)CC4)nc3c1CCNC3)C2. The molecule has 4 atom stereocenters. The molecule has 0 aromatic carbocycles. The number of nitrogens with one attached hydrogen (secondary N) is 1. The lowest BCUT2D eigenvalue weighted by atomic mass is 9.95. The van der Waals surface area contributed by atoms with Gasteiger partial charge in [-0.3, -0.25) is 9.80 Å². The number of aromatic nitrogens is 2. The predicted molar refractivity (Wildman–Crippen MR) is 175 cm³/mol. The van der Waals surface area contributed by atoms with E-state index in [0.29, 0.717) is 18.7 Å². The number of anilines is 1. The van der Waals surface area contributed by atoms with Gasteiger partial charge in [-0.2, -0.15) is 9.97 Å². The Bertz CT molecular complexity index is 1220. The molecule has 4 fully saturated rings. The van der Waals surface area contributed by atoms with Gasteiger partial charge in [0.1, 0.15) is 18.0 Å². The van der Waals surface area contributed by atoms with Crippen LogP contribution in [0.15, 0.2) is 0 Å². The topological polar surface area (TPSA) is 92.3 Å². The molecule has 6 rings (SSSR count). The summed E-state index contributed by atoms with van der Waals surface area (Å²) in [4.78, 5) is 30.2. The molecule has 6 heterocycles. The summed E-state index contributed by atoms with van der Waals surface area (Å²) >= 11 is 0. The van der Waals surface area contributed by atoms with Crippen molar-refractivity contribution in [3.8, 4) is 6.01 Å². The Kier molecular flexibility index (Phi) is 8.50. The van der Waals surface area contributed by atoms with Crippen LogP contribution in [0.3, 0.4) is 0 Å². The Balaban J connectivity index is 1.16. The molecule has 1 aromatic rings. The summed E-state index contributed by atoms with van der Waals surface area (Å²) in [6.45, 7) is 23.2. The molecular formula is C33H56N6O4Si. The largest absolute Gasteiger partial charge is 0.461 e. The molecule has 10 nitrogen and oxygen atoms in total. The van der Waals surface area contributed by atoms with Crippen LogP contribution in [0.2, 0.25) is 18.1 Å². The third kappa shape index (κ3) is 6.22. The van der Waals surface area contributed by atoms with E-state index in [2.05, 4.69) is 49.0 Å². The van der Waals surface area contributed by atoms with Crippen LogP contribution < -0.4 is 15.0 Å². The van der Waals surface area contributed by atoms with Crippen LogP contribution in [0.1, 0.15) is 91.3 Å². The lowest BCUT2D eigenvalue weighted by Crippen LogP contribution is -2.57. The van der Waals surface area contributed by atoms with E-state index in [-0.39, 0.29) is 28.8 Å². The monoisotopic (exact) mass is 628 g/mol. The van der Waals surface area contributed by atoms with Gasteiger partial charge in [0.15, 0.2) is 8.32 Å². The molecule has 2 bridgehead atoms. The van der Waals surface area contributed by atoms with E-state index < -0.39 is 13.9 Å². The summed E-state index contributed by atoms with van der Waals surface area (Å²) in [7, 11) is -1.79. The minimum atomic E-state index is -1.79. The summed E-state index contributed by atoms with van der Waals surface area (Å²) in [6.07, 6.45) is 7.35. The number of carbonyl (C=O) groups is 1. The first-order valence-corrected chi connectivity index (χ1v) is 20.0. The van der Waals surface area contributed by atoms with Gasteiger partial charge >= 0.3 is 12.1 Å². The number of hydrogen-bond donors (Lipinski definition) is 1. The van der Waals surface area contributed by atoms with E-state index >= 15 is 0 Å². The molecule has 1 N–H and O–H groups in total. The summed E-state index contributed by atoms with van der Waals surface area (Å²) in [5.41, 5.74) is 1.82. The maximum atomic E-state index is 13.1. The highest BCUT2D eigenvalue weighted by atomic mass is 28.4. The molecule has 0 spiro atoms. The van der Waals surface area contributed by atoms with Gasteiger partial charge in [0.2, 0.25) is 0 Å². The first-order chi connectivity index (χ1) is 20.7. The van der Waals surface area contributed by atoms with Crippen molar-refractivity contribution in [2.24, 2.45) is 0 Å². The van der Waals surface area contributed by atoms with E-state index in [4.69, 9.17) is 23.9 Å². The molecule has 11 heteroatoms. The highest BCUT2D eigenvalue weighted by molar-refractivity contribution is 6.74. The number of ether oxygens (including phenoxy) is 2. The van der Waals surface area contributed by atoms with E-state index in [0.717, 1.165) is 89.4 Å². The summed E-state index contributed by atoms with van der Waals surface area (Å²) in [5, 5.41) is 3.71. The molecule has 2 unspecified atom stereocenters. The third-order valence-corrected chi connectivity index (χ3v) is 15.7. The third-order valence-electron chi connectivity index (χ3n) is 11.2. The van der Waals surface area contributed by atoms with Crippen LogP contribution in [0.25, 0.3) is 0 Å². The first-order valence-electron chi connectivity index (χ1n) is 17.1. The molecule has 0 radical (unpaired) electrons. The van der Waals surface area contributed by atoms with Gasteiger partial charge < -0.3 is 24.1 Å². The van der Waals surface area contributed by atoms with Crippen molar-refractivity contribution in [1.29, 1.82) is 0 Å². The Morgan fingerprint density at radius 2 is 1.77 bits per heavy atom. The van der Waals surface area contributed by atoms with Crippen molar-refractivity contribution in [1.82, 2.24) is 25.1 Å². The highest BCUT2D eigenvalue weighted by Gasteiger charge is 2.51. The Labute approximate surface area is 265 Å². The zero-order valence-corrected chi connectivity index (χ0v) is 29.5. The average molecular weight is 629 g/mol. The van der Waals surface area contributed by atoms with Gasteiger partial charge in [-0.25, -0.2) is 4.79 Å². The zero-order chi connectivity index (χ0) is 31.5. The van der Waals surface area contributed by atoms with Crippen LogP contribution in [0.5, 0.6) is 6.01 Å². The van der Waals surface area contributed by atoms with Crippen molar-refractivity contribution < 1.29 is 18.7 Å². The van der Waals surface area contributed by atoms with Gasteiger partial charge in [-0.15, -0.1) is 0 Å².